The Morgan fingerprint density at radius 2 is 2.09 bits per heavy atom. The summed E-state index contributed by atoms with van der Waals surface area (Å²) in [4.78, 5) is 28.9. The highest BCUT2D eigenvalue weighted by Gasteiger charge is 2.28. The minimum Gasteiger partial charge on any atom is -0.349 e. The van der Waals surface area contributed by atoms with E-state index in [0.717, 1.165) is 25.9 Å². The van der Waals surface area contributed by atoms with Gasteiger partial charge in [-0.1, -0.05) is 12.1 Å². The lowest BCUT2D eigenvalue weighted by atomic mass is 9.90. The van der Waals surface area contributed by atoms with Crippen LogP contribution in [0.5, 0.6) is 0 Å². The van der Waals surface area contributed by atoms with Crippen molar-refractivity contribution in [2.45, 2.75) is 31.8 Å². The lowest BCUT2D eigenvalue weighted by molar-refractivity contribution is -0.123. The maximum Gasteiger partial charge on any atom is 0.261 e. The van der Waals surface area contributed by atoms with Crippen molar-refractivity contribution in [2.24, 2.45) is 0 Å². The van der Waals surface area contributed by atoms with Gasteiger partial charge in [0.25, 0.3) is 5.56 Å². The van der Waals surface area contributed by atoms with Gasteiger partial charge in [-0.15, -0.1) is 0 Å². The molecule has 0 bridgehead atoms. The minimum atomic E-state index is -0.198. The van der Waals surface area contributed by atoms with E-state index in [9.17, 15) is 9.59 Å². The average molecular weight is 300 g/mol. The van der Waals surface area contributed by atoms with Gasteiger partial charge in [0.15, 0.2) is 0 Å². The number of benzene rings is 1. The fourth-order valence-electron chi connectivity index (χ4n) is 2.85. The maximum atomic E-state index is 12.4. The Morgan fingerprint density at radius 1 is 1.36 bits per heavy atom. The third-order valence-corrected chi connectivity index (χ3v) is 4.19. The van der Waals surface area contributed by atoms with Gasteiger partial charge in [0.2, 0.25) is 5.91 Å². The standard InChI is InChI=1S/C16H20N4O2/c1-16(6-8-17-9-7-16)19-14(21)10-20-11-18-13-5-3-2-4-12(13)15(20)22/h2-5,11,17H,6-10H2,1H3,(H,19,21). The Hall–Kier alpha value is -2.21. The number of carbonyl (C=O) groups excluding carboxylic acids is 1. The number of nitrogens with zero attached hydrogens (tertiary/aromatic N) is 2. The van der Waals surface area contributed by atoms with Gasteiger partial charge >= 0.3 is 0 Å². The fourth-order valence-corrected chi connectivity index (χ4v) is 2.85. The maximum absolute atomic E-state index is 12.4. The second-order valence-corrected chi connectivity index (χ2v) is 6.05. The topological polar surface area (TPSA) is 76.0 Å². The van der Waals surface area contributed by atoms with Crippen molar-refractivity contribution in [2.75, 3.05) is 13.1 Å². The summed E-state index contributed by atoms with van der Waals surface area (Å²) >= 11 is 0. The molecule has 0 spiro atoms. The van der Waals surface area contributed by atoms with Crippen LogP contribution in [0, 0.1) is 0 Å². The van der Waals surface area contributed by atoms with E-state index >= 15 is 0 Å². The molecule has 1 aliphatic rings. The van der Waals surface area contributed by atoms with Crippen molar-refractivity contribution in [1.82, 2.24) is 20.2 Å². The van der Waals surface area contributed by atoms with E-state index in [1.54, 1.807) is 18.2 Å². The van der Waals surface area contributed by atoms with Crippen LogP contribution >= 0.6 is 0 Å². The molecule has 1 aromatic heterocycles. The molecule has 1 aromatic carbocycles. The summed E-state index contributed by atoms with van der Waals surface area (Å²) in [7, 11) is 0. The second kappa shape index (κ2) is 5.88. The summed E-state index contributed by atoms with van der Waals surface area (Å²) in [5.74, 6) is -0.149. The number of carbonyl (C=O) groups is 1. The Labute approximate surface area is 128 Å². The Balaban J connectivity index is 1.77. The van der Waals surface area contributed by atoms with E-state index in [-0.39, 0.29) is 23.6 Å². The molecule has 0 unspecified atom stereocenters. The summed E-state index contributed by atoms with van der Waals surface area (Å²) < 4.78 is 1.36. The van der Waals surface area contributed by atoms with Crippen molar-refractivity contribution in [3.8, 4) is 0 Å². The number of aromatic nitrogens is 2. The van der Waals surface area contributed by atoms with Crippen LogP contribution < -0.4 is 16.2 Å². The molecule has 1 fully saturated rings. The van der Waals surface area contributed by atoms with Crippen molar-refractivity contribution in [1.29, 1.82) is 0 Å². The molecular formula is C16H20N4O2. The SMILES string of the molecule is CC1(NC(=O)Cn2cnc3ccccc3c2=O)CCNCC1. The quantitative estimate of drug-likeness (QED) is 0.873. The number of hydrogen-bond donors (Lipinski definition) is 2. The Kier molecular flexibility index (Phi) is 3.94. The van der Waals surface area contributed by atoms with Crippen molar-refractivity contribution < 1.29 is 4.79 Å². The zero-order valence-corrected chi connectivity index (χ0v) is 12.6. The van der Waals surface area contributed by atoms with Gasteiger partial charge in [-0.3, -0.25) is 14.2 Å². The minimum absolute atomic E-state index is 0.000311. The highest BCUT2D eigenvalue weighted by Crippen LogP contribution is 2.16. The zero-order valence-electron chi connectivity index (χ0n) is 12.6. The number of fused-ring (bicyclic) bond motifs is 1. The predicted molar refractivity (Wildman–Crippen MR) is 84.7 cm³/mol. The molecule has 2 aromatic rings. The normalized spacial score (nSPS) is 17.3. The molecule has 22 heavy (non-hydrogen) atoms. The fraction of sp³-hybridized carbons (Fsp3) is 0.438. The summed E-state index contributed by atoms with van der Waals surface area (Å²) in [6.07, 6.45) is 3.22. The van der Waals surface area contributed by atoms with E-state index in [1.165, 1.54) is 10.9 Å². The number of amides is 1. The summed E-state index contributed by atoms with van der Waals surface area (Å²) in [6.45, 7) is 3.84. The van der Waals surface area contributed by atoms with E-state index in [0.29, 0.717) is 10.9 Å². The lowest BCUT2D eigenvalue weighted by Gasteiger charge is -2.35. The molecule has 6 heteroatoms. The third-order valence-electron chi connectivity index (χ3n) is 4.19. The van der Waals surface area contributed by atoms with Gasteiger partial charge < -0.3 is 10.6 Å². The Bertz CT molecular complexity index is 747. The molecule has 0 saturated carbocycles. The zero-order chi connectivity index (χ0) is 15.6. The molecule has 1 amide bonds. The second-order valence-electron chi connectivity index (χ2n) is 6.05. The van der Waals surface area contributed by atoms with Crippen LogP contribution in [0.1, 0.15) is 19.8 Å². The van der Waals surface area contributed by atoms with Crippen molar-refractivity contribution >= 4 is 16.8 Å². The highest BCUT2D eigenvalue weighted by atomic mass is 16.2. The van der Waals surface area contributed by atoms with Crippen LogP contribution in [0.2, 0.25) is 0 Å². The molecular weight excluding hydrogens is 280 g/mol. The van der Waals surface area contributed by atoms with Gasteiger partial charge in [-0.2, -0.15) is 0 Å². The van der Waals surface area contributed by atoms with Crippen LogP contribution in [0.25, 0.3) is 10.9 Å². The monoisotopic (exact) mass is 300 g/mol. The van der Waals surface area contributed by atoms with Gasteiger partial charge in [-0.25, -0.2) is 4.98 Å². The van der Waals surface area contributed by atoms with Crippen molar-refractivity contribution in [3.05, 3.63) is 40.9 Å². The van der Waals surface area contributed by atoms with Crippen LogP contribution in [0.15, 0.2) is 35.4 Å². The molecule has 0 atom stereocenters. The van der Waals surface area contributed by atoms with E-state index in [4.69, 9.17) is 0 Å². The van der Waals surface area contributed by atoms with Crippen LogP contribution in [-0.4, -0.2) is 34.1 Å². The number of para-hydroxylation sites is 1. The summed E-state index contributed by atoms with van der Waals surface area (Å²) in [5, 5.41) is 6.86. The van der Waals surface area contributed by atoms with Crippen LogP contribution in [-0.2, 0) is 11.3 Å². The highest BCUT2D eigenvalue weighted by molar-refractivity contribution is 5.79. The van der Waals surface area contributed by atoms with E-state index in [1.807, 2.05) is 13.0 Å². The number of piperidine rings is 1. The summed E-state index contributed by atoms with van der Waals surface area (Å²) in [6, 6.07) is 7.15. The third kappa shape index (κ3) is 3.01. The summed E-state index contributed by atoms with van der Waals surface area (Å²) in [5.41, 5.74) is 0.265. The molecule has 6 nitrogen and oxygen atoms in total. The number of rotatable bonds is 3. The van der Waals surface area contributed by atoms with Crippen molar-refractivity contribution in [3.63, 3.8) is 0 Å². The Morgan fingerprint density at radius 3 is 2.86 bits per heavy atom. The van der Waals surface area contributed by atoms with E-state index in [2.05, 4.69) is 15.6 Å². The molecule has 2 N–H and O–H groups in total. The largest absolute Gasteiger partial charge is 0.349 e. The number of nitrogens with one attached hydrogen (secondary N) is 2. The number of hydrogen-bond acceptors (Lipinski definition) is 4. The lowest BCUT2D eigenvalue weighted by Crippen LogP contribution is -2.53. The van der Waals surface area contributed by atoms with E-state index < -0.39 is 0 Å². The smallest absolute Gasteiger partial charge is 0.261 e. The molecule has 1 aliphatic heterocycles. The van der Waals surface area contributed by atoms with Crippen LogP contribution in [0.3, 0.4) is 0 Å². The van der Waals surface area contributed by atoms with Gasteiger partial charge in [-0.05, 0) is 45.0 Å². The molecule has 2 heterocycles. The van der Waals surface area contributed by atoms with Crippen LogP contribution in [0.4, 0.5) is 0 Å². The van der Waals surface area contributed by atoms with Gasteiger partial charge in [0.05, 0.1) is 17.2 Å². The van der Waals surface area contributed by atoms with Gasteiger partial charge in [0.1, 0.15) is 6.54 Å². The first-order valence-electron chi connectivity index (χ1n) is 7.53. The predicted octanol–water partition coefficient (Wildman–Crippen LogP) is 0.655. The first-order valence-corrected chi connectivity index (χ1v) is 7.53. The molecule has 1 saturated heterocycles. The molecule has 0 aliphatic carbocycles. The molecule has 3 rings (SSSR count). The average Bonchev–Trinajstić information content (AvgIpc) is 2.50. The molecule has 116 valence electrons. The van der Waals surface area contributed by atoms with Gasteiger partial charge in [0, 0.05) is 5.54 Å². The first kappa shape index (κ1) is 14.7. The molecule has 0 radical (unpaired) electrons. The first-order chi connectivity index (χ1) is 10.6.